The summed E-state index contributed by atoms with van der Waals surface area (Å²) in [6.07, 6.45) is 0. The highest BCUT2D eigenvalue weighted by Gasteiger charge is 2.24. The van der Waals surface area contributed by atoms with Crippen molar-refractivity contribution in [2.75, 3.05) is 5.32 Å². The molecule has 1 N–H and O–H groups in total. The summed E-state index contributed by atoms with van der Waals surface area (Å²) < 4.78 is 0. The van der Waals surface area contributed by atoms with Crippen LogP contribution in [0.4, 0.5) is 17.1 Å². The maximum absolute atomic E-state index is 13.4. The molecule has 0 aliphatic heterocycles. The number of para-hydroxylation sites is 1. The summed E-state index contributed by atoms with van der Waals surface area (Å²) in [6.45, 7) is 3.74. The molecule has 0 bridgehead atoms. The van der Waals surface area contributed by atoms with Crippen molar-refractivity contribution in [3.63, 3.8) is 0 Å². The number of hydrogen-bond acceptors (Lipinski definition) is 6. The van der Waals surface area contributed by atoms with Gasteiger partial charge in [0.2, 0.25) is 0 Å². The fourth-order valence-corrected chi connectivity index (χ4v) is 3.67. The number of aryl methyl sites for hydroxylation is 1. The van der Waals surface area contributed by atoms with Gasteiger partial charge in [-0.3, -0.25) is 25.0 Å². The molecule has 0 radical (unpaired) electrons. The number of fused-ring (bicyclic) bond motifs is 1. The zero-order chi connectivity index (χ0) is 23.7. The molecule has 0 saturated carbocycles. The van der Waals surface area contributed by atoms with E-state index >= 15 is 0 Å². The van der Waals surface area contributed by atoms with Crippen LogP contribution in [0.2, 0.25) is 0 Å². The van der Waals surface area contributed by atoms with Crippen molar-refractivity contribution >= 4 is 33.9 Å². The minimum absolute atomic E-state index is 0.132. The Morgan fingerprint density at radius 3 is 2.27 bits per heavy atom. The number of nitrogens with zero attached hydrogens (tertiary/aromatic N) is 3. The van der Waals surface area contributed by atoms with E-state index in [0.29, 0.717) is 27.7 Å². The second-order valence-corrected chi connectivity index (χ2v) is 7.51. The van der Waals surface area contributed by atoms with E-state index in [1.165, 1.54) is 0 Å². The minimum atomic E-state index is -0.766. The van der Waals surface area contributed by atoms with Crippen molar-refractivity contribution < 1.29 is 14.6 Å². The van der Waals surface area contributed by atoms with Crippen LogP contribution in [0.15, 0.2) is 66.7 Å². The van der Waals surface area contributed by atoms with Gasteiger partial charge in [0, 0.05) is 17.0 Å². The van der Waals surface area contributed by atoms with Crippen molar-refractivity contribution in [1.82, 2.24) is 4.98 Å². The molecular formula is C24H18N4O5. The highest BCUT2D eigenvalue weighted by Crippen LogP contribution is 2.33. The van der Waals surface area contributed by atoms with Crippen LogP contribution in [-0.2, 0) is 0 Å². The third kappa shape index (κ3) is 4.11. The quantitative estimate of drug-likeness (QED) is 0.317. The highest BCUT2D eigenvalue weighted by atomic mass is 16.6. The molecule has 3 aromatic carbocycles. The SMILES string of the molecule is Cc1ccc(-c2nc3ccccc3c(C(=O)Nc3ccc([N+](=O)[O-])cc3[N+](=O)[O-])c2C)cc1. The second-order valence-electron chi connectivity index (χ2n) is 7.51. The number of benzene rings is 3. The molecule has 1 heterocycles. The molecule has 0 aliphatic rings. The Bertz CT molecular complexity index is 1430. The minimum Gasteiger partial charge on any atom is -0.316 e. The van der Waals surface area contributed by atoms with E-state index in [-0.39, 0.29) is 5.69 Å². The number of pyridine rings is 1. The summed E-state index contributed by atoms with van der Waals surface area (Å²) >= 11 is 0. The lowest BCUT2D eigenvalue weighted by molar-refractivity contribution is -0.393. The Morgan fingerprint density at radius 2 is 1.61 bits per heavy atom. The average molecular weight is 442 g/mol. The van der Waals surface area contributed by atoms with Gasteiger partial charge in [0.15, 0.2) is 0 Å². The molecule has 33 heavy (non-hydrogen) atoms. The van der Waals surface area contributed by atoms with Gasteiger partial charge >= 0.3 is 0 Å². The molecule has 0 fully saturated rings. The van der Waals surface area contributed by atoms with E-state index in [2.05, 4.69) is 5.32 Å². The van der Waals surface area contributed by atoms with Crippen LogP contribution in [0.25, 0.3) is 22.2 Å². The maximum atomic E-state index is 13.4. The molecule has 9 heteroatoms. The number of nitro benzene ring substituents is 2. The van der Waals surface area contributed by atoms with Crippen molar-refractivity contribution in [3.05, 3.63) is 104 Å². The van der Waals surface area contributed by atoms with Crippen LogP contribution >= 0.6 is 0 Å². The number of aromatic nitrogens is 1. The number of non-ortho nitro benzene ring substituents is 1. The summed E-state index contributed by atoms with van der Waals surface area (Å²) in [7, 11) is 0. The number of rotatable bonds is 5. The Balaban J connectivity index is 1.85. The number of anilines is 1. The van der Waals surface area contributed by atoms with Crippen molar-refractivity contribution in [1.29, 1.82) is 0 Å². The van der Waals surface area contributed by atoms with Gasteiger partial charge in [-0.15, -0.1) is 0 Å². The van der Waals surface area contributed by atoms with Crippen molar-refractivity contribution in [2.45, 2.75) is 13.8 Å². The first-order valence-corrected chi connectivity index (χ1v) is 9.97. The largest absolute Gasteiger partial charge is 0.316 e. The van der Waals surface area contributed by atoms with Crippen molar-refractivity contribution in [2.24, 2.45) is 0 Å². The first-order valence-electron chi connectivity index (χ1n) is 9.97. The molecule has 0 aliphatic carbocycles. The van der Waals surface area contributed by atoms with Gasteiger partial charge in [-0.25, -0.2) is 4.98 Å². The number of nitro groups is 2. The molecule has 4 rings (SSSR count). The van der Waals surface area contributed by atoms with Gasteiger partial charge in [-0.1, -0.05) is 48.0 Å². The Morgan fingerprint density at radius 1 is 0.909 bits per heavy atom. The van der Waals surface area contributed by atoms with E-state index in [1.54, 1.807) is 25.1 Å². The molecule has 0 atom stereocenters. The lowest BCUT2D eigenvalue weighted by atomic mass is 9.96. The molecular weight excluding hydrogens is 424 g/mol. The number of nitrogens with one attached hydrogen (secondary N) is 1. The number of hydrogen-bond donors (Lipinski definition) is 1. The number of carbonyl (C=O) groups excluding carboxylic acids is 1. The van der Waals surface area contributed by atoms with E-state index in [1.807, 2.05) is 37.3 Å². The summed E-state index contributed by atoms with van der Waals surface area (Å²) in [5.74, 6) is -0.573. The molecule has 1 amide bonds. The van der Waals surface area contributed by atoms with Crippen LogP contribution in [-0.4, -0.2) is 20.7 Å². The third-order valence-electron chi connectivity index (χ3n) is 5.32. The van der Waals surface area contributed by atoms with E-state index in [4.69, 9.17) is 4.98 Å². The van der Waals surface area contributed by atoms with Crippen LogP contribution < -0.4 is 5.32 Å². The van der Waals surface area contributed by atoms with Crippen LogP contribution in [0.3, 0.4) is 0 Å². The van der Waals surface area contributed by atoms with Gasteiger partial charge in [0.25, 0.3) is 17.3 Å². The number of amides is 1. The Labute approximate surface area is 188 Å². The lowest BCUT2D eigenvalue weighted by Gasteiger charge is -2.15. The molecule has 0 spiro atoms. The average Bonchev–Trinajstić information content (AvgIpc) is 2.79. The van der Waals surface area contributed by atoms with Gasteiger partial charge in [0.1, 0.15) is 5.69 Å². The van der Waals surface area contributed by atoms with Gasteiger partial charge in [0.05, 0.1) is 32.7 Å². The first kappa shape index (κ1) is 21.6. The predicted molar refractivity (Wildman–Crippen MR) is 124 cm³/mol. The summed E-state index contributed by atoms with van der Waals surface area (Å²) in [4.78, 5) is 39.1. The second kappa shape index (κ2) is 8.46. The smallest absolute Gasteiger partial charge is 0.299 e. The van der Waals surface area contributed by atoms with Gasteiger partial charge < -0.3 is 5.32 Å². The molecule has 0 unspecified atom stereocenters. The third-order valence-corrected chi connectivity index (χ3v) is 5.32. The van der Waals surface area contributed by atoms with E-state index < -0.39 is 27.1 Å². The summed E-state index contributed by atoms with van der Waals surface area (Å²) in [5.41, 5.74) is 2.94. The van der Waals surface area contributed by atoms with Crippen LogP contribution in [0.1, 0.15) is 21.5 Å². The van der Waals surface area contributed by atoms with Gasteiger partial charge in [-0.05, 0) is 31.5 Å². The van der Waals surface area contributed by atoms with E-state index in [9.17, 15) is 25.0 Å². The molecule has 164 valence electrons. The standard InChI is InChI=1S/C24H18N4O5/c1-14-7-9-16(10-8-14)23-15(2)22(18-5-3-4-6-19(18)25-23)24(29)26-20-12-11-17(27(30)31)13-21(20)28(32)33/h3-13H,1-2H3,(H,26,29). The maximum Gasteiger partial charge on any atom is 0.299 e. The molecule has 1 aromatic heterocycles. The normalized spacial score (nSPS) is 10.7. The Hall–Kier alpha value is -4.66. The fourth-order valence-electron chi connectivity index (χ4n) is 3.67. The fraction of sp³-hybridized carbons (Fsp3) is 0.0833. The zero-order valence-corrected chi connectivity index (χ0v) is 17.7. The first-order chi connectivity index (χ1) is 15.8. The summed E-state index contributed by atoms with van der Waals surface area (Å²) in [5, 5.41) is 25.6. The van der Waals surface area contributed by atoms with E-state index in [0.717, 1.165) is 29.3 Å². The number of carbonyl (C=O) groups is 1. The molecule has 4 aromatic rings. The van der Waals surface area contributed by atoms with Gasteiger partial charge in [-0.2, -0.15) is 0 Å². The monoisotopic (exact) mass is 442 g/mol. The van der Waals surface area contributed by atoms with Crippen LogP contribution in [0, 0.1) is 34.1 Å². The summed E-state index contributed by atoms with van der Waals surface area (Å²) in [6, 6.07) is 18.0. The topological polar surface area (TPSA) is 128 Å². The molecule has 9 nitrogen and oxygen atoms in total. The van der Waals surface area contributed by atoms with Crippen molar-refractivity contribution in [3.8, 4) is 11.3 Å². The predicted octanol–water partition coefficient (Wildman–Crippen LogP) is 5.59. The Kier molecular flexibility index (Phi) is 5.53. The van der Waals surface area contributed by atoms with Crippen LogP contribution in [0.5, 0.6) is 0 Å². The zero-order valence-electron chi connectivity index (χ0n) is 17.7. The lowest BCUT2D eigenvalue weighted by Crippen LogP contribution is -2.16. The molecule has 0 saturated heterocycles. The highest BCUT2D eigenvalue weighted by molar-refractivity contribution is 6.15.